The summed E-state index contributed by atoms with van der Waals surface area (Å²) in [5.74, 6) is -0.644. The second-order valence-corrected chi connectivity index (χ2v) is 5.56. The van der Waals surface area contributed by atoms with Crippen LogP contribution in [0.2, 0.25) is 0 Å². The van der Waals surface area contributed by atoms with Crippen LogP contribution in [0.25, 0.3) is 0 Å². The lowest BCUT2D eigenvalue weighted by molar-refractivity contribution is -0.141. The molecule has 4 nitrogen and oxygen atoms in total. The van der Waals surface area contributed by atoms with E-state index in [0.29, 0.717) is 0 Å². The Balaban J connectivity index is 2.40. The van der Waals surface area contributed by atoms with Gasteiger partial charge in [-0.15, -0.1) is 0 Å². The molecule has 1 amide bonds. The molecule has 0 radical (unpaired) electrons. The maximum atomic E-state index is 12.0. The summed E-state index contributed by atoms with van der Waals surface area (Å²) < 4.78 is 41.2. The predicted molar refractivity (Wildman–Crippen MR) is 64.6 cm³/mol. The number of hydrogen-bond acceptors (Lipinski definition) is 3. The van der Waals surface area contributed by atoms with E-state index in [1.54, 1.807) is 14.0 Å². The fraction of sp³-hybridized carbons (Fsp3) is 0.917. The van der Waals surface area contributed by atoms with Gasteiger partial charge in [0.1, 0.15) is 6.54 Å². The Morgan fingerprint density at radius 1 is 1.47 bits per heavy atom. The van der Waals surface area contributed by atoms with Crippen molar-refractivity contribution < 1.29 is 22.7 Å². The van der Waals surface area contributed by atoms with Crippen LogP contribution in [0.1, 0.15) is 27.2 Å². The molecule has 0 saturated heterocycles. The molecular formula is C12H21F3N2O2. The SMILES string of the molecule is COC1CC(NC(C)C(=O)NCC(F)(F)F)C1(C)C. The van der Waals surface area contributed by atoms with Crippen molar-refractivity contribution in [3.63, 3.8) is 0 Å². The van der Waals surface area contributed by atoms with E-state index in [2.05, 4.69) is 5.32 Å². The van der Waals surface area contributed by atoms with Crippen LogP contribution in [0.15, 0.2) is 0 Å². The van der Waals surface area contributed by atoms with Crippen LogP contribution in [0, 0.1) is 5.41 Å². The summed E-state index contributed by atoms with van der Waals surface area (Å²) in [5.41, 5.74) is -0.132. The van der Waals surface area contributed by atoms with Crippen molar-refractivity contribution in [2.24, 2.45) is 5.41 Å². The summed E-state index contributed by atoms with van der Waals surface area (Å²) in [7, 11) is 1.63. The highest BCUT2D eigenvalue weighted by atomic mass is 19.4. The lowest BCUT2D eigenvalue weighted by atomic mass is 9.64. The van der Waals surface area contributed by atoms with Crippen molar-refractivity contribution in [2.45, 2.75) is 51.6 Å². The Morgan fingerprint density at radius 3 is 2.47 bits per heavy atom. The number of methoxy groups -OCH3 is 1. The third-order valence-corrected chi connectivity index (χ3v) is 3.77. The van der Waals surface area contributed by atoms with Gasteiger partial charge in [0.15, 0.2) is 0 Å². The van der Waals surface area contributed by atoms with E-state index in [-0.39, 0.29) is 17.6 Å². The first-order chi connectivity index (χ1) is 8.58. The van der Waals surface area contributed by atoms with Gasteiger partial charge in [-0.3, -0.25) is 4.79 Å². The lowest BCUT2D eigenvalue weighted by Gasteiger charge is -2.52. The average molecular weight is 282 g/mol. The summed E-state index contributed by atoms with van der Waals surface area (Å²) in [6.45, 7) is 4.26. The molecule has 0 aromatic carbocycles. The van der Waals surface area contributed by atoms with Crippen LogP contribution in [0.4, 0.5) is 13.2 Å². The molecule has 1 aliphatic rings. The zero-order valence-electron chi connectivity index (χ0n) is 11.6. The molecule has 0 aromatic heterocycles. The van der Waals surface area contributed by atoms with Crippen molar-refractivity contribution in [3.8, 4) is 0 Å². The van der Waals surface area contributed by atoms with E-state index in [1.165, 1.54) is 0 Å². The molecule has 0 bridgehead atoms. The fourth-order valence-corrected chi connectivity index (χ4v) is 2.29. The molecule has 1 aliphatic carbocycles. The topological polar surface area (TPSA) is 50.4 Å². The highest BCUT2D eigenvalue weighted by Gasteiger charge is 2.49. The zero-order chi connectivity index (χ0) is 14.8. The number of rotatable bonds is 5. The molecule has 19 heavy (non-hydrogen) atoms. The third kappa shape index (κ3) is 4.07. The molecular weight excluding hydrogens is 261 g/mol. The Labute approximate surface area is 111 Å². The number of nitrogens with one attached hydrogen (secondary N) is 2. The second-order valence-electron chi connectivity index (χ2n) is 5.56. The van der Waals surface area contributed by atoms with Gasteiger partial charge < -0.3 is 15.4 Å². The molecule has 3 atom stereocenters. The highest BCUT2D eigenvalue weighted by Crippen LogP contribution is 2.42. The molecule has 1 saturated carbocycles. The number of hydrogen-bond donors (Lipinski definition) is 2. The van der Waals surface area contributed by atoms with Crippen molar-refractivity contribution >= 4 is 5.91 Å². The first kappa shape index (κ1) is 16.2. The number of carbonyl (C=O) groups is 1. The first-order valence-corrected chi connectivity index (χ1v) is 6.21. The van der Waals surface area contributed by atoms with Crippen molar-refractivity contribution in [3.05, 3.63) is 0 Å². The molecule has 1 fully saturated rings. The van der Waals surface area contributed by atoms with Gasteiger partial charge in [-0.05, 0) is 13.3 Å². The molecule has 0 aliphatic heterocycles. The smallest absolute Gasteiger partial charge is 0.381 e. The lowest BCUT2D eigenvalue weighted by Crippen LogP contribution is -2.64. The maximum Gasteiger partial charge on any atom is 0.405 e. The van der Waals surface area contributed by atoms with Gasteiger partial charge in [-0.25, -0.2) is 0 Å². The van der Waals surface area contributed by atoms with Crippen LogP contribution in [-0.4, -0.2) is 43.9 Å². The highest BCUT2D eigenvalue weighted by molar-refractivity contribution is 5.81. The Morgan fingerprint density at radius 2 is 2.05 bits per heavy atom. The van der Waals surface area contributed by atoms with E-state index >= 15 is 0 Å². The zero-order valence-corrected chi connectivity index (χ0v) is 11.6. The maximum absolute atomic E-state index is 12.0. The Bertz CT molecular complexity index is 331. The van der Waals surface area contributed by atoms with E-state index in [0.717, 1.165) is 6.42 Å². The number of amides is 1. The van der Waals surface area contributed by atoms with Gasteiger partial charge in [0, 0.05) is 18.6 Å². The number of ether oxygens (including phenoxy) is 1. The minimum absolute atomic E-state index is 0.0593. The second kappa shape index (κ2) is 5.66. The third-order valence-electron chi connectivity index (χ3n) is 3.77. The molecule has 0 heterocycles. The summed E-state index contributed by atoms with van der Waals surface area (Å²) in [6.07, 6.45) is -3.53. The minimum Gasteiger partial charge on any atom is -0.381 e. The summed E-state index contributed by atoms with van der Waals surface area (Å²) in [5, 5.41) is 4.92. The number of alkyl halides is 3. The molecule has 3 unspecified atom stereocenters. The van der Waals surface area contributed by atoms with Gasteiger partial charge >= 0.3 is 6.18 Å². The molecule has 0 spiro atoms. The quantitative estimate of drug-likeness (QED) is 0.802. The largest absolute Gasteiger partial charge is 0.405 e. The van der Waals surface area contributed by atoms with Crippen molar-refractivity contribution in [1.82, 2.24) is 10.6 Å². The van der Waals surface area contributed by atoms with Gasteiger partial charge in [0.2, 0.25) is 5.91 Å². The summed E-state index contributed by atoms with van der Waals surface area (Å²) in [4.78, 5) is 11.5. The first-order valence-electron chi connectivity index (χ1n) is 6.21. The Kier molecular flexibility index (Phi) is 4.84. The van der Waals surface area contributed by atoms with Crippen LogP contribution in [-0.2, 0) is 9.53 Å². The average Bonchev–Trinajstić information content (AvgIpc) is 2.29. The van der Waals surface area contributed by atoms with E-state index in [4.69, 9.17) is 4.74 Å². The van der Waals surface area contributed by atoms with Crippen LogP contribution in [0.3, 0.4) is 0 Å². The fourth-order valence-electron chi connectivity index (χ4n) is 2.29. The normalized spacial score (nSPS) is 27.5. The Hall–Kier alpha value is -0.820. The summed E-state index contributed by atoms with van der Waals surface area (Å²) >= 11 is 0. The molecule has 2 N–H and O–H groups in total. The van der Waals surface area contributed by atoms with Crippen LogP contribution < -0.4 is 10.6 Å². The van der Waals surface area contributed by atoms with Gasteiger partial charge in [-0.2, -0.15) is 13.2 Å². The van der Waals surface area contributed by atoms with E-state index in [9.17, 15) is 18.0 Å². The van der Waals surface area contributed by atoms with Crippen LogP contribution in [0.5, 0.6) is 0 Å². The molecule has 1 rings (SSSR count). The van der Waals surface area contributed by atoms with E-state index in [1.807, 2.05) is 19.2 Å². The van der Waals surface area contributed by atoms with Gasteiger partial charge in [-0.1, -0.05) is 13.8 Å². The van der Waals surface area contributed by atoms with Crippen molar-refractivity contribution in [2.75, 3.05) is 13.7 Å². The van der Waals surface area contributed by atoms with Gasteiger partial charge in [0.25, 0.3) is 0 Å². The molecule has 7 heteroatoms. The van der Waals surface area contributed by atoms with Crippen molar-refractivity contribution in [1.29, 1.82) is 0 Å². The monoisotopic (exact) mass is 282 g/mol. The summed E-state index contributed by atoms with van der Waals surface area (Å²) in [6, 6.07) is -0.603. The number of halogens is 3. The predicted octanol–water partition coefficient (Wildman–Crippen LogP) is 1.46. The van der Waals surface area contributed by atoms with Gasteiger partial charge in [0.05, 0.1) is 12.1 Å². The number of carbonyl (C=O) groups excluding carboxylic acids is 1. The minimum atomic E-state index is -4.38. The molecule has 112 valence electrons. The molecule has 0 aromatic rings. The van der Waals surface area contributed by atoms with Crippen LogP contribution >= 0.6 is 0 Å². The van der Waals surface area contributed by atoms with E-state index < -0.39 is 24.7 Å². The standard InChI is InChI=1S/C12H21F3N2O2/c1-7(10(18)16-6-12(13,14)15)17-8-5-9(19-4)11(8,2)3/h7-9,17H,5-6H2,1-4H3,(H,16,18).